The number of carboxylic acid groups (broad SMARTS) is 2. The van der Waals surface area contributed by atoms with Gasteiger partial charge in [0.05, 0.1) is 12.5 Å². The van der Waals surface area contributed by atoms with E-state index in [0.717, 1.165) is 0 Å². The van der Waals surface area contributed by atoms with Crippen molar-refractivity contribution in [3.63, 3.8) is 0 Å². The molecule has 0 aliphatic carbocycles. The summed E-state index contributed by atoms with van der Waals surface area (Å²) in [6, 6.07) is 0.392. The fourth-order valence-electron chi connectivity index (χ4n) is 9.72. The number of likely N-dealkylation sites (tertiary alicyclic amines) is 1. The Balaban J connectivity index is 1.62. The average molecular weight is 1190 g/mol. The highest BCUT2D eigenvalue weighted by atomic mass is 16.4. The molecule has 85 heavy (non-hydrogen) atoms. The van der Waals surface area contributed by atoms with Gasteiger partial charge in [-0.05, 0) is 98.4 Å². The number of carbonyl (C=O) groups excluding carboxylic acids is 9. The molecule has 28 heteroatoms. The van der Waals surface area contributed by atoms with Gasteiger partial charge in [-0.2, -0.15) is 0 Å². The first-order valence-electron chi connectivity index (χ1n) is 28.3. The number of nitrogens with two attached hydrogens (primary N) is 4. The minimum Gasteiger partial charge on any atom is -0.508 e. The highest BCUT2D eigenvalue weighted by molar-refractivity contribution is 5.99. The summed E-state index contributed by atoms with van der Waals surface area (Å²) in [5, 5.41) is 48.3. The Kier molecular flexibility index (Phi) is 26.6. The van der Waals surface area contributed by atoms with Crippen LogP contribution >= 0.6 is 0 Å². The Bertz CT molecular complexity index is 2870. The lowest BCUT2D eigenvalue weighted by Crippen LogP contribution is -2.61. The molecule has 0 radical (unpaired) electrons. The van der Waals surface area contributed by atoms with Crippen LogP contribution in [-0.4, -0.2) is 164 Å². The van der Waals surface area contributed by atoms with Crippen LogP contribution in [0, 0.1) is 17.8 Å². The number of phenolic OH excluding ortho intramolecular Hbond substituents is 1. The molecule has 4 rings (SSSR count). The molecular weight excluding hydrogens is 1100 g/mol. The minimum absolute atomic E-state index is 0.000671. The molecule has 466 valence electrons. The smallest absolute Gasteiger partial charge is 0.326 e. The highest BCUT2D eigenvalue weighted by Crippen LogP contribution is 2.23. The van der Waals surface area contributed by atoms with Crippen LogP contribution < -0.4 is 60.2 Å². The first kappa shape index (κ1) is 68.7. The normalized spacial score (nSPS) is 15.9. The minimum atomic E-state index is -1.86. The predicted octanol–water partition coefficient (Wildman–Crippen LogP) is -1.00. The second kappa shape index (κ2) is 32.9. The number of hydrogen-bond acceptors (Lipinski definition) is 14. The monoisotopic (exact) mass is 1190 g/mol. The lowest BCUT2D eigenvalue weighted by Gasteiger charge is -2.31. The molecule has 0 unspecified atom stereocenters. The van der Waals surface area contributed by atoms with Gasteiger partial charge in [-0.3, -0.25) is 52.9 Å². The van der Waals surface area contributed by atoms with E-state index >= 15 is 0 Å². The zero-order chi connectivity index (χ0) is 63.2. The van der Waals surface area contributed by atoms with Crippen molar-refractivity contribution < 1.29 is 68.1 Å². The number of amides is 9. The van der Waals surface area contributed by atoms with Gasteiger partial charge >= 0.3 is 11.9 Å². The molecule has 2 aromatic carbocycles. The summed E-state index contributed by atoms with van der Waals surface area (Å²) >= 11 is 0. The summed E-state index contributed by atoms with van der Waals surface area (Å²) < 4.78 is 0. The number of hydrogen-bond donors (Lipinski definition) is 15. The lowest BCUT2D eigenvalue weighted by atomic mass is 9.99. The molecule has 19 N–H and O–H groups in total. The topological polar surface area (TPSA) is 468 Å². The number of carboxylic acids is 2. The number of aromatic amines is 1. The van der Waals surface area contributed by atoms with E-state index in [-0.39, 0.29) is 101 Å². The molecule has 1 aromatic heterocycles. The summed E-state index contributed by atoms with van der Waals surface area (Å²) in [4.78, 5) is 158. The molecule has 9 amide bonds. The molecule has 0 saturated carbocycles. The summed E-state index contributed by atoms with van der Waals surface area (Å²) in [6.07, 6.45) is 0.171. The van der Waals surface area contributed by atoms with Gasteiger partial charge in [-0.25, -0.2) is 4.79 Å². The number of aromatic hydroxyl groups is 1. The van der Waals surface area contributed by atoms with E-state index in [1.165, 1.54) is 17.0 Å². The Hall–Kier alpha value is -8.82. The number of carbonyl (C=O) groups is 11. The molecule has 1 fully saturated rings. The highest BCUT2D eigenvalue weighted by Gasteiger charge is 2.41. The average Bonchev–Trinajstić information content (AvgIpc) is 4.26. The number of rotatable bonds is 34. The van der Waals surface area contributed by atoms with Crippen molar-refractivity contribution in [1.29, 1.82) is 0 Å². The van der Waals surface area contributed by atoms with E-state index in [9.17, 15) is 68.1 Å². The third kappa shape index (κ3) is 22.0. The summed E-state index contributed by atoms with van der Waals surface area (Å²) in [6.45, 7) is 10.3. The van der Waals surface area contributed by atoms with Crippen LogP contribution in [0.15, 0.2) is 59.7 Å². The zero-order valence-corrected chi connectivity index (χ0v) is 48.9. The second-order valence-electron chi connectivity index (χ2n) is 22.5. The van der Waals surface area contributed by atoms with Crippen LogP contribution in [0.1, 0.15) is 110 Å². The van der Waals surface area contributed by atoms with Crippen LogP contribution in [-0.2, 0) is 65.6 Å². The fourth-order valence-corrected chi connectivity index (χ4v) is 9.72. The van der Waals surface area contributed by atoms with Gasteiger partial charge in [-0.1, -0.05) is 71.9 Å². The molecule has 2 heterocycles. The largest absolute Gasteiger partial charge is 0.508 e. The molecule has 3 aromatic rings. The van der Waals surface area contributed by atoms with Crippen molar-refractivity contribution >= 4 is 82.0 Å². The molecule has 0 spiro atoms. The molecule has 0 bridgehead atoms. The van der Waals surface area contributed by atoms with E-state index < -0.39 is 132 Å². The molecule has 1 aliphatic rings. The van der Waals surface area contributed by atoms with Gasteiger partial charge in [0, 0.05) is 43.0 Å². The van der Waals surface area contributed by atoms with Crippen LogP contribution in [0.25, 0.3) is 10.9 Å². The first-order valence-corrected chi connectivity index (χ1v) is 28.3. The molecule has 1 aliphatic heterocycles. The van der Waals surface area contributed by atoms with Crippen molar-refractivity contribution in [2.75, 3.05) is 13.1 Å². The van der Waals surface area contributed by atoms with Crippen LogP contribution in [0.3, 0.4) is 0 Å². The van der Waals surface area contributed by atoms with Gasteiger partial charge in [0.15, 0.2) is 5.96 Å². The van der Waals surface area contributed by atoms with Crippen molar-refractivity contribution in [1.82, 2.24) is 47.1 Å². The van der Waals surface area contributed by atoms with Crippen LogP contribution in [0.4, 0.5) is 0 Å². The van der Waals surface area contributed by atoms with Crippen molar-refractivity contribution in [2.45, 2.75) is 167 Å². The number of aliphatic carboxylic acids is 2. The number of fused-ring (bicyclic) bond motifs is 1. The maximum absolute atomic E-state index is 14.7. The lowest BCUT2D eigenvalue weighted by molar-refractivity contribution is -0.144. The van der Waals surface area contributed by atoms with Crippen molar-refractivity contribution in [3.05, 3.63) is 65.9 Å². The third-order valence-corrected chi connectivity index (χ3v) is 14.1. The Morgan fingerprint density at radius 2 is 1.21 bits per heavy atom. The van der Waals surface area contributed by atoms with Crippen LogP contribution in [0.5, 0.6) is 5.75 Å². The van der Waals surface area contributed by atoms with Gasteiger partial charge in [0.25, 0.3) is 0 Å². The SMILES string of the molecule is CC(C)C[C@H](NC(=O)[C@H](CCCN=C(N)N)NC(=O)[C@H](Cc1c[nH]c2ccccc12)NC(=O)[C@H](CC(=O)O)NC(=O)[C@@H]1CCCN1C(=O)[C@H](CC(C)C)NC(=O)[C@H](CCC(N)=O)NC(=O)[C@@H](N)Cc1ccc(O)cc1)C(=O)N[C@H](C(=O)O)C(C)C. The number of H-pyrrole nitrogens is 1. The van der Waals surface area contributed by atoms with Gasteiger partial charge in [0.1, 0.15) is 54.1 Å². The fraction of sp³-hybridized carbons (Fsp3) is 0.544. The van der Waals surface area contributed by atoms with E-state index in [1.807, 2.05) is 0 Å². The quantitative estimate of drug-likeness (QED) is 0.0194. The molecule has 9 atom stereocenters. The predicted molar refractivity (Wildman–Crippen MR) is 312 cm³/mol. The Labute approximate surface area is 492 Å². The first-order chi connectivity index (χ1) is 40.0. The summed E-state index contributed by atoms with van der Waals surface area (Å²) in [7, 11) is 0. The van der Waals surface area contributed by atoms with Gasteiger partial charge in [0.2, 0.25) is 53.2 Å². The number of benzene rings is 2. The molecule has 1 saturated heterocycles. The number of para-hydroxylation sites is 1. The number of nitrogens with zero attached hydrogens (tertiary/aromatic N) is 2. The van der Waals surface area contributed by atoms with Crippen LogP contribution in [0.2, 0.25) is 0 Å². The maximum Gasteiger partial charge on any atom is 0.326 e. The van der Waals surface area contributed by atoms with E-state index in [2.05, 4.69) is 47.2 Å². The number of phenols is 1. The number of aliphatic imine (C=N–C) groups is 1. The van der Waals surface area contributed by atoms with E-state index in [1.54, 1.807) is 84.1 Å². The summed E-state index contributed by atoms with van der Waals surface area (Å²) in [5.74, 6) is -11.8. The summed E-state index contributed by atoms with van der Waals surface area (Å²) in [5.41, 5.74) is 24.4. The van der Waals surface area contributed by atoms with E-state index in [4.69, 9.17) is 22.9 Å². The Morgan fingerprint density at radius 1 is 0.659 bits per heavy atom. The standard InChI is InChI=1S/C57H84N14O14/c1-29(2)23-40(53(81)70-47(31(5)6)56(84)85)66-49(77)38(13-9-21-62-57(60)61)65-51(79)41(26-33-28-63-37-12-8-7-11-35(33)37)67-52(80)42(27-46(74)75)68-54(82)44-14-10-22-71(44)55(83)43(24-30(3)4)69-50(78)39(19-20-45(59)73)64-48(76)36(58)25-32-15-17-34(72)18-16-32/h7-8,11-12,15-18,28-31,36,38-44,47,63,72H,9-10,13-14,19-27,58H2,1-6H3,(H2,59,73)(H,64,76)(H,65,79)(H,66,77)(H,67,80)(H,68,82)(H,69,78)(H,70,81)(H,74,75)(H,84,85)(H4,60,61,62)/t36-,38-,39-,40-,41-,42-,43-,44-,47-/m0/s1. The number of nitrogens with one attached hydrogen (secondary N) is 8. The van der Waals surface area contributed by atoms with E-state index in [0.29, 0.717) is 22.0 Å². The second-order valence-corrected chi connectivity index (χ2v) is 22.5. The van der Waals surface area contributed by atoms with Gasteiger partial charge in [-0.15, -0.1) is 0 Å². The van der Waals surface area contributed by atoms with Crippen molar-refractivity contribution in [3.8, 4) is 5.75 Å². The number of primary amides is 1. The maximum atomic E-state index is 14.7. The van der Waals surface area contributed by atoms with Crippen molar-refractivity contribution in [2.24, 2.45) is 45.7 Å². The molecular formula is C57H84N14O14. The Morgan fingerprint density at radius 3 is 1.81 bits per heavy atom. The number of aromatic nitrogens is 1. The molecule has 28 nitrogen and oxygen atoms in total. The number of guanidine groups is 1. The van der Waals surface area contributed by atoms with Gasteiger partial charge < -0.3 is 85.4 Å². The third-order valence-electron chi connectivity index (χ3n) is 14.1. The zero-order valence-electron chi connectivity index (χ0n) is 48.9.